The van der Waals surface area contributed by atoms with E-state index in [1.165, 1.54) is 0 Å². The molecule has 0 radical (unpaired) electrons. The number of nitrogens with zero attached hydrogens (tertiary/aromatic N) is 1. The van der Waals surface area contributed by atoms with Gasteiger partial charge >= 0.3 is 0 Å². The molecule has 0 fully saturated rings. The van der Waals surface area contributed by atoms with Gasteiger partial charge in [0.25, 0.3) is 0 Å². The maximum absolute atomic E-state index is 13.1. The van der Waals surface area contributed by atoms with E-state index in [1.807, 2.05) is 26.8 Å². The van der Waals surface area contributed by atoms with Crippen molar-refractivity contribution in [1.29, 1.82) is 0 Å². The highest BCUT2D eigenvalue weighted by molar-refractivity contribution is 7.91. The summed E-state index contributed by atoms with van der Waals surface area (Å²) in [7, 11) is -2.05. The molecule has 0 atom stereocenters. The van der Waals surface area contributed by atoms with Crippen LogP contribution in [0, 0.1) is 27.7 Å². The molecule has 0 saturated carbocycles. The molecular weight excluding hydrogens is 312 g/mol. The van der Waals surface area contributed by atoms with Crippen LogP contribution in [-0.2, 0) is 21.1 Å². The van der Waals surface area contributed by atoms with Crippen LogP contribution in [0.15, 0.2) is 28.0 Å². The molecule has 0 spiro atoms. The second-order valence-electron chi connectivity index (χ2n) is 5.82. The molecule has 0 aliphatic rings. The van der Waals surface area contributed by atoms with Crippen LogP contribution in [-0.4, -0.2) is 26.7 Å². The van der Waals surface area contributed by atoms with Gasteiger partial charge < -0.3 is 15.0 Å². The first-order valence-corrected chi connectivity index (χ1v) is 8.96. The Kier molecular flexibility index (Phi) is 4.87. The quantitative estimate of drug-likeness (QED) is 0.911. The Balaban J connectivity index is 2.62. The van der Waals surface area contributed by atoms with Crippen LogP contribution in [0.5, 0.6) is 0 Å². The number of anilines is 1. The third kappa shape index (κ3) is 3.01. The Bertz CT molecular complexity index is 836. The smallest absolute Gasteiger partial charge is 0.210 e. The zero-order valence-electron chi connectivity index (χ0n) is 14.3. The maximum Gasteiger partial charge on any atom is 0.210 e. The second-order valence-corrected chi connectivity index (χ2v) is 7.71. The number of methoxy groups -OCH3 is 1. The summed E-state index contributed by atoms with van der Waals surface area (Å²) < 4.78 is 33.0. The number of nitrogens with two attached hydrogens (primary N) is 1. The van der Waals surface area contributed by atoms with Crippen LogP contribution in [0.4, 0.5) is 5.82 Å². The normalized spacial score (nSPS) is 11.9. The van der Waals surface area contributed by atoms with E-state index in [0.29, 0.717) is 18.7 Å². The fourth-order valence-corrected chi connectivity index (χ4v) is 4.42. The van der Waals surface area contributed by atoms with E-state index < -0.39 is 9.84 Å². The first kappa shape index (κ1) is 17.6. The Morgan fingerprint density at radius 1 is 1.13 bits per heavy atom. The summed E-state index contributed by atoms with van der Waals surface area (Å²) in [5.41, 5.74) is 9.71. The first-order chi connectivity index (χ1) is 10.7. The molecule has 0 aliphatic carbocycles. The summed E-state index contributed by atoms with van der Waals surface area (Å²) in [4.78, 5) is 0.480. The van der Waals surface area contributed by atoms with Crippen LogP contribution in [0.2, 0.25) is 0 Å². The average Bonchev–Trinajstić information content (AvgIpc) is 2.70. The first-order valence-electron chi connectivity index (χ1n) is 7.48. The van der Waals surface area contributed by atoms with E-state index in [2.05, 4.69) is 0 Å². The minimum atomic E-state index is -3.65. The lowest BCUT2D eigenvalue weighted by atomic mass is 10.1. The highest BCUT2D eigenvalue weighted by Gasteiger charge is 2.28. The topological polar surface area (TPSA) is 74.3 Å². The van der Waals surface area contributed by atoms with Crippen molar-refractivity contribution in [2.45, 2.75) is 44.0 Å². The van der Waals surface area contributed by atoms with Gasteiger partial charge in [-0.25, -0.2) is 8.42 Å². The predicted octanol–water partition coefficient (Wildman–Crippen LogP) is 2.78. The fourth-order valence-electron chi connectivity index (χ4n) is 2.67. The van der Waals surface area contributed by atoms with E-state index in [0.717, 1.165) is 16.8 Å². The molecule has 5 nitrogen and oxygen atoms in total. The molecule has 0 bridgehead atoms. The van der Waals surface area contributed by atoms with Crippen molar-refractivity contribution in [3.05, 3.63) is 40.6 Å². The third-order valence-electron chi connectivity index (χ3n) is 4.39. The SMILES string of the molecule is COCCn1c(C)c(C)c(S(=O)(=O)c2ccc(C)c(C)c2)c1N. The summed E-state index contributed by atoms with van der Waals surface area (Å²) in [6, 6.07) is 5.16. The zero-order chi connectivity index (χ0) is 17.4. The number of nitrogen functional groups attached to an aromatic ring is 1. The number of aromatic nitrogens is 1. The van der Waals surface area contributed by atoms with E-state index in [4.69, 9.17) is 10.5 Å². The number of aryl methyl sites for hydroxylation is 2. The lowest BCUT2D eigenvalue weighted by Crippen LogP contribution is -2.11. The summed E-state index contributed by atoms with van der Waals surface area (Å²) >= 11 is 0. The number of sulfone groups is 1. The minimum absolute atomic E-state index is 0.203. The van der Waals surface area contributed by atoms with Gasteiger partial charge in [0.15, 0.2) is 0 Å². The lowest BCUT2D eigenvalue weighted by Gasteiger charge is -2.10. The molecule has 1 heterocycles. The average molecular weight is 336 g/mol. The summed E-state index contributed by atoms with van der Waals surface area (Å²) in [5, 5.41) is 0. The standard InChI is InChI=1S/C17H24N2O3S/c1-11-6-7-15(10-12(11)2)23(20,21)16-13(3)14(4)19(17(16)18)8-9-22-5/h6-7,10H,8-9,18H2,1-5H3. The van der Waals surface area contributed by atoms with Crippen molar-refractivity contribution in [3.8, 4) is 0 Å². The number of benzene rings is 1. The Morgan fingerprint density at radius 3 is 2.35 bits per heavy atom. The Labute approximate surface area is 138 Å². The van der Waals surface area contributed by atoms with E-state index in [-0.39, 0.29) is 15.6 Å². The highest BCUT2D eigenvalue weighted by Crippen LogP contribution is 2.33. The molecule has 0 saturated heterocycles. The van der Waals surface area contributed by atoms with Gasteiger partial charge in [-0.1, -0.05) is 6.07 Å². The fraction of sp³-hybridized carbons (Fsp3) is 0.412. The number of hydrogen-bond acceptors (Lipinski definition) is 4. The molecule has 1 aromatic heterocycles. The van der Waals surface area contributed by atoms with Crippen LogP contribution in [0.3, 0.4) is 0 Å². The van der Waals surface area contributed by atoms with Crippen molar-refractivity contribution in [1.82, 2.24) is 4.57 Å². The van der Waals surface area contributed by atoms with Gasteiger partial charge in [0.2, 0.25) is 9.84 Å². The predicted molar refractivity (Wildman–Crippen MR) is 91.6 cm³/mol. The highest BCUT2D eigenvalue weighted by atomic mass is 32.2. The summed E-state index contributed by atoms with van der Waals surface area (Å²) in [6.45, 7) is 8.53. The van der Waals surface area contributed by atoms with Gasteiger partial charge in [-0.2, -0.15) is 0 Å². The van der Waals surface area contributed by atoms with E-state index >= 15 is 0 Å². The summed E-state index contributed by atoms with van der Waals surface area (Å²) in [5.74, 6) is 0.273. The lowest BCUT2D eigenvalue weighted by molar-refractivity contribution is 0.187. The summed E-state index contributed by atoms with van der Waals surface area (Å²) in [6.07, 6.45) is 0. The van der Waals surface area contributed by atoms with Gasteiger partial charge in [-0.05, 0) is 56.5 Å². The van der Waals surface area contributed by atoms with Gasteiger partial charge in [0.05, 0.1) is 11.5 Å². The molecule has 0 unspecified atom stereocenters. The third-order valence-corrected chi connectivity index (χ3v) is 6.32. The van der Waals surface area contributed by atoms with Crippen molar-refractivity contribution in [2.24, 2.45) is 0 Å². The van der Waals surface area contributed by atoms with Crippen LogP contribution < -0.4 is 5.73 Å². The Hall–Kier alpha value is -1.79. The molecule has 6 heteroatoms. The number of rotatable bonds is 5. The molecule has 2 aromatic rings. The number of hydrogen-bond donors (Lipinski definition) is 1. The molecule has 2 N–H and O–H groups in total. The molecular formula is C17H24N2O3S. The molecule has 2 rings (SSSR count). The molecule has 0 amide bonds. The van der Waals surface area contributed by atoms with Gasteiger partial charge in [-0.3, -0.25) is 0 Å². The van der Waals surface area contributed by atoms with Gasteiger partial charge in [0.1, 0.15) is 10.7 Å². The molecule has 0 aliphatic heterocycles. The van der Waals surface area contributed by atoms with Gasteiger partial charge in [-0.15, -0.1) is 0 Å². The van der Waals surface area contributed by atoms with Crippen LogP contribution in [0.1, 0.15) is 22.4 Å². The molecule has 1 aromatic carbocycles. The van der Waals surface area contributed by atoms with Gasteiger partial charge in [0, 0.05) is 19.3 Å². The number of ether oxygens (including phenoxy) is 1. The molecule has 23 heavy (non-hydrogen) atoms. The largest absolute Gasteiger partial charge is 0.384 e. The Morgan fingerprint density at radius 2 is 1.78 bits per heavy atom. The second kappa shape index (κ2) is 6.37. The van der Waals surface area contributed by atoms with Crippen LogP contribution in [0.25, 0.3) is 0 Å². The molecule has 126 valence electrons. The minimum Gasteiger partial charge on any atom is -0.384 e. The monoisotopic (exact) mass is 336 g/mol. The van der Waals surface area contributed by atoms with E-state index in [1.54, 1.807) is 30.7 Å². The van der Waals surface area contributed by atoms with E-state index in [9.17, 15) is 8.42 Å². The van der Waals surface area contributed by atoms with Crippen molar-refractivity contribution >= 4 is 15.7 Å². The maximum atomic E-state index is 13.1. The van der Waals surface area contributed by atoms with Crippen molar-refractivity contribution in [3.63, 3.8) is 0 Å². The van der Waals surface area contributed by atoms with Crippen molar-refractivity contribution < 1.29 is 13.2 Å². The zero-order valence-corrected chi connectivity index (χ0v) is 15.1. The van der Waals surface area contributed by atoms with Crippen LogP contribution >= 0.6 is 0 Å². The van der Waals surface area contributed by atoms with Crippen molar-refractivity contribution in [2.75, 3.05) is 19.5 Å².